The molecule has 2 aromatic carbocycles. The van der Waals surface area contributed by atoms with Crippen molar-refractivity contribution in [3.8, 4) is 17.7 Å². The molecule has 0 N–H and O–H groups in total. The van der Waals surface area contributed by atoms with Crippen molar-refractivity contribution in [3.63, 3.8) is 0 Å². The van der Waals surface area contributed by atoms with Crippen molar-refractivity contribution in [1.82, 2.24) is 19.4 Å². The predicted molar refractivity (Wildman–Crippen MR) is 159 cm³/mol. The molecule has 0 radical (unpaired) electrons. The van der Waals surface area contributed by atoms with E-state index in [2.05, 4.69) is 9.47 Å². The number of nitrogens with zero attached hydrogens (tertiary/aromatic N) is 5. The highest BCUT2D eigenvalue weighted by molar-refractivity contribution is 5.85. The van der Waals surface area contributed by atoms with Crippen LogP contribution in [-0.4, -0.2) is 51.7 Å². The number of halogens is 1. The largest absolute Gasteiger partial charge is 0.492 e. The number of pyridine rings is 1. The molecule has 0 amide bonds. The summed E-state index contributed by atoms with van der Waals surface area (Å²) in [5.74, 6) is 1.63. The molecule has 10 heteroatoms. The van der Waals surface area contributed by atoms with Gasteiger partial charge in [0.15, 0.2) is 0 Å². The number of piperidine rings is 1. The second-order valence-electron chi connectivity index (χ2n) is 10.6. The van der Waals surface area contributed by atoms with E-state index in [1.165, 1.54) is 6.07 Å². The van der Waals surface area contributed by atoms with E-state index >= 15 is 0 Å². The molecule has 0 spiro atoms. The number of likely N-dealkylation sites (tertiary alicyclic amines) is 1. The molecular formula is C33H36FN5O4. The summed E-state index contributed by atoms with van der Waals surface area (Å²) in [6.07, 6.45) is 2.07. The first-order valence-electron chi connectivity index (χ1n) is 14.7. The minimum absolute atomic E-state index is 0.0415. The smallest absolute Gasteiger partial charge is 0.310 e. The van der Waals surface area contributed by atoms with E-state index in [9.17, 15) is 9.18 Å². The Labute approximate surface area is 250 Å². The van der Waals surface area contributed by atoms with Gasteiger partial charge in [0, 0.05) is 30.3 Å². The molecule has 0 saturated carbocycles. The fourth-order valence-electron chi connectivity index (χ4n) is 5.46. The number of hydrogen-bond donors (Lipinski definition) is 0. The summed E-state index contributed by atoms with van der Waals surface area (Å²) in [7, 11) is 2.00. The molecule has 4 aromatic rings. The molecule has 1 aliphatic rings. The van der Waals surface area contributed by atoms with Gasteiger partial charge in [-0.3, -0.25) is 9.69 Å². The van der Waals surface area contributed by atoms with Gasteiger partial charge in [-0.05, 0) is 75.7 Å². The molecular weight excluding hydrogens is 549 g/mol. The van der Waals surface area contributed by atoms with Crippen molar-refractivity contribution in [1.29, 1.82) is 5.26 Å². The summed E-state index contributed by atoms with van der Waals surface area (Å²) in [6.45, 7) is 7.11. The molecule has 0 bridgehead atoms. The maximum atomic E-state index is 14.2. The number of carbonyl (C=O) groups excluding carboxylic acids is 1. The standard InChI is InChI=1S/C33H36FN5O4/c1-4-41-29-17-23(18-32(40)42-5-2)16-28-33(29)37-30(38(28)3)20-39-13-11-24(12-14-39)27-7-6-8-31(36-27)43-21-25-10-9-22(19-35)15-26(25)34/h6-10,15-17,24H,4-5,11-14,18,20-21H2,1-3H3. The number of fused-ring (bicyclic) bond motifs is 1. The molecule has 224 valence electrons. The van der Waals surface area contributed by atoms with Crippen molar-refractivity contribution >= 4 is 17.0 Å². The Morgan fingerprint density at radius 1 is 1.07 bits per heavy atom. The van der Waals surface area contributed by atoms with Gasteiger partial charge < -0.3 is 18.8 Å². The van der Waals surface area contributed by atoms with Crippen LogP contribution in [0.3, 0.4) is 0 Å². The first-order valence-corrected chi connectivity index (χ1v) is 14.7. The van der Waals surface area contributed by atoms with Crippen LogP contribution >= 0.6 is 0 Å². The van der Waals surface area contributed by atoms with Gasteiger partial charge in [0.2, 0.25) is 5.88 Å². The predicted octanol–water partition coefficient (Wildman–Crippen LogP) is 5.44. The third-order valence-electron chi connectivity index (χ3n) is 7.73. The van der Waals surface area contributed by atoms with Crippen LogP contribution in [0.2, 0.25) is 0 Å². The minimum atomic E-state index is -0.464. The SMILES string of the molecule is CCOC(=O)Cc1cc(OCC)c2nc(CN3CCC(c4cccc(OCc5ccc(C#N)cc5F)n4)CC3)n(C)c2c1. The number of carbonyl (C=O) groups is 1. The van der Waals surface area contributed by atoms with Crippen molar-refractivity contribution in [3.05, 3.63) is 82.6 Å². The summed E-state index contributed by atoms with van der Waals surface area (Å²) in [5.41, 5.74) is 4.19. The number of esters is 1. The number of aryl methyl sites for hydroxylation is 1. The van der Waals surface area contributed by atoms with E-state index < -0.39 is 5.82 Å². The van der Waals surface area contributed by atoms with E-state index in [1.54, 1.807) is 25.1 Å². The molecule has 3 heterocycles. The zero-order valence-corrected chi connectivity index (χ0v) is 24.8. The maximum absolute atomic E-state index is 14.2. The Kier molecular flexibility index (Phi) is 9.52. The van der Waals surface area contributed by atoms with Gasteiger partial charge in [0.25, 0.3) is 0 Å². The second kappa shape index (κ2) is 13.7. The number of aromatic nitrogens is 3. The number of hydrogen-bond acceptors (Lipinski definition) is 8. The van der Waals surface area contributed by atoms with Crippen molar-refractivity contribution < 1.29 is 23.4 Å². The van der Waals surface area contributed by atoms with Crippen LogP contribution in [0.4, 0.5) is 4.39 Å². The molecule has 1 fully saturated rings. The first-order chi connectivity index (χ1) is 20.9. The lowest BCUT2D eigenvalue weighted by atomic mass is 9.93. The van der Waals surface area contributed by atoms with Crippen LogP contribution in [0.25, 0.3) is 11.0 Å². The number of imidazole rings is 1. The number of rotatable bonds is 11. The Hall–Kier alpha value is -4.49. The van der Waals surface area contributed by atoms with E-state index in [1.807, 2.05) is 44.3 Å². The molecule has 0 unspecified atom stereocenters. The lowest BCUT2D eigenvalue weighted by Gasteiger charge is -2.31. The van der Waals surface area contributed by atoms with Crippen LogP contribution in [0.1, 0.15) is 60.8 Å². The fraction of sp³-hybridized carbons (Fsp3) is 0.394. The Morgan fingerprint density at radius 2 is 1.88 bits per heavy atom. The first kappa shape index (κ1) is 30.0. The summed E-state index contributed by atoms with van der Waals surface area (Å²) < 4.78 is 33.2. The number of ether oxygens (including phenoxy) is 3. The molecule has 1 aliphatic heterocycles. The Bertz CT molecular complexity index is 1640. The molecule has 9 nitrogen and oxygen atoms in total. The Morgan fingerprint density at radius 3 is 2.60 bits per heavy atom. The van der Waals surface area contributed by atoms with Gasteiger partial charge in [0.05, 0.1) is 43.3 Å². The number of benzene rings is 2. The highest BCUT2D eigenvalue weighted by Crippen LogP contribution is 2.31. The van der Waals surface area contributed by atoms with E-state index in [4.69, 9.17) is 29.4 Å². The molecule has 43 heavy (non-hydrogen) atoms. The molecule has 5 rings (SSSR count). The average Bonchev–Trinajstić information content (AvgIpc) is 3.32. The van der Waals surface area contributed by atoms with E-state index in [0.29, 0.717) is 42.9 Å². The van der Waals surface area contributed by atoms with Crippen molar-refractivity contribution in [2.24, 2.45) is 7.05 Å². The summed E-state index contributed by atoms with van der Waals surface area (Å²) in [5, 5.41) is 8.94. The zero-order chi connectivity index (χ0) is 30.3. The average molecular weight is 586 g/mol. The molecule has 2 aromatic heterocycles. The maximum Gasteiger partial charge on any atom is 0.310 e. The van der Waals surface area contributed by atoms with Crippen molar-refractivity contribution in [2.45, 2.75) is 52.2 Å². The van der Waals surface area contributed by atoms with Crippen LogP contribution < -0.4 is 9.47 Å². The normalized spacial score (nSPS) is 14.0. The minimum Gasteiger partial charge on any atom is -0.492 e. The fourth-order valence-corrected chi connectivity index (χ4v) is 5.46. The van der Waals surface area contributed by atoms with Crippen LogP contribution in [0.15, 0.2) is 48.5 Å². The van der Waals surface area contributed by atoms with Gasteiger partial charge in [0.1, 0.15) is 29.5 Å². The van der Waals surface area contributed by atoms with Gasteiger partial charge in [-0.25, -0.2) is 14.4 Å². The molecule has 1 saturated heterocycles. The molecule has 0 aliphatic carbocycles. The lowest BCUT2D eigenvalue weighted by Crippen LogP contribution is -2.33. The van der Waals surface area contributed by atoms with Gasteiger partial charge in [-0.15, -0.1) is 0 Å². The van der Waals surface area contributed by atoms with Crippen LogP contribution in [-0.2, 0) is 36.2 Å². The monoisotopic (exact) mass is 585 g/mol. The van der Waals surface area contributed by atoms with Gasteiger partial charge in [-0.1, -0.05) is 12.1 Å². The van der Waals surface area contributed by atoms with Gasteiger partial charge in [-0.2, -0.15) is 5.26 Å². The highest BCUT2D eigenvalue weighted by Gasteiger charge is 2.24. The highest BCUT2D eigenvalue weighted by atomic mass is 19.1. The lowest BCUT2D eigenvalue weighted by molar-refractivity contribution is -0.142. The summed E-state index contributed by atoms with van der Waals surface area (Å²) >= 11 is 0. The molecule has 0 atom stereocenters. The summed E-state index contributed by atoms with van der Waals surface area (Å²) in [4.78, 5) is 24.2. The quantitative estimate of drug-likeness (QED) is 0.215. The van der Waals surface area contributed by atoms with Crippen LogP contribution in [0, 0.1) is 17.1 Å². The zero-order valence-electron chi connectivity index (χ0n) is 24.8. The van der Waals surface area contributed by atoms with Crippen LogP contribution in [0.5, 0.6) is 11.6 Å². The second-order valence-corrected chi connectivity index (χ2v) is 10.6. The van der Waals surface area contributed by atoms with E-state index in [-0.39, 0.29) is 24.6 Å². The van der Waals surface area contributed by atoms with E-state index in [0.717, 1.165) is 54.0 Å². The third kappa shape index (κ3) is 7.12. The Balaban J connectivity index is 1.22. The number of nitriles is 1. The topological polar surface area (TPSA) is 102 Å². The summed E-state index contributed by atoms with van der Waals surface area (Å²) in [6, 6.07) is 15.9. The van der Waals surface area contributed by atoms with Crippen molar-refractivity contribution in [2.75, 3.05) is 26.3 Å². The third-order valence-corrected chi connectivity index (χ3v) is 7.73. The van der Waals surface area contributed by atoms with Gasteiger partial charge >= 0.3 is 5.97 Å².